The SMILES string of the molecule is CCC1(CNC(=NC)NC[C@H]2CCCN2S(C)(=O)=O)CCCC1. The predicted octanol–water partition coefficient (Wildman–Crippen LogP) is 1.55. The minimum Gasteiger partial charge on any atom is -0.356 e. The lowest BCUT2D eigenvalue weighted by Crippen LogP contribution is -2.48. The van der Waals surface area contributed by atoms with Crippen LogP contribution in [-0.4, -0.2) is 57.7 Å². The number of aliphatic imine (C=N–C) groups is 1. The number of sulfonamides is 1. The second-order valence-corrected chi connectivity index (χ2v) is 8.97. The second-order valence-electron chi connectivity index (χ2n) is 7.04. The smallest absolute Gasteiger partial charge is 0.211 e. The highest BCUT2D eigenvalue weighted by molar-refractivity contribution is 7.88. The van der Waals surface area contributed by atoms with E-state index >= 15 is 0 Å². The molecule has 0 bridgehead atoms. The Hall–Kier alpha value is -0.820. The molecule has 0 spiro atoms. The van der Waals surface area contributed by atoms with Crippen molar-refractivity contribution in [2.45, 2.75) is 57.9 Å². The number of hydrogen-bond donors (Lipinski definition) is 2. The molecule has 2 fully saturated rings. The van der Waals surface area contributed by atoms with E-state index in [9.17, 15) is 8.42 Å². The third-order valence-electron chi connectivity index (χ3n) is 5.52. The first-order valence-electron chi connectivity index (χ1n) is 8.81. The van der Waals surface area contributed by atoms with Gasteiger partial charge in [0, 0.05) is 32.7 Å². The molecule has 2 N–H and O–H groups in total. The van der Waals surface area contributed by atoms with Gasteiger partial charge in [0.05, 0.1) is 6.26 Å². The lowest BCUT2D eigenvalue weighted by atomic mass is 9.83. The Kier molecular flexibility index (Phi) is 6.31. The molecule has 1 heterocycles. The summed E-state index contributed by atoms with van der Waals surface area (Å²) < 4.78 is 25.2. The topological polar surface area (TPSA) is 73.8 Å². The highest BCUT2D eigenvalue weighted by Crippen LogP contribution is 2.40. The summed E-state index contributed by atoms with van der Waals surface area (Å²) in [5.41, 5.74) is 0.407. The fourth-order valence-electron chi connectivity index (χ4n) is 3.94. The summed E-state index contributed by atoms with van der Waals surface area (Å²) in [4.78, 5) is 4.29. The van der Waals surface area contributed by atoms with E-state index in [1.807, 2.05) is 0 Å². The molecule has 1 aliphatic carbocycles. The summed E-state index contributed by atoms with van der Waals surface area (Å²) in [6.07, 6.45) is 9.57. The van der Waals surface area contributed by atoms with Crippen LogP contribution in [0.25, 0.3) is 0 Å². The molecule has 2 aliphatic rings. The maximum absolute atomic E-state index is 11.8. The van der Waals surface area contributed by atoms with Crippen LogP contribution in [0.4, 0.5) is 0 Å². The van der Waals surface area contributed by atoms with Gasteiger partial charge in [0.1, 0.15) is 0 Å². The van der Waals surface area contributed by atoms with Gasteiger partial charge in [-0.15, -0.1) is 0 Å². The van der Waals surface area contributed by atoms with Crippen molar-refractivity contribution in [3.05, 3.63) is 0 Å². The molecule has 1 saturated heterocycles. The normalized spacial score (nSPS) is 25.7. The second kappa shape index (κ2) is 7.83. The molecule has 23 heavy (non-hydrogen) atoms. The minimum absolute atomic E-state index is 0.0372. The van der Waals surface area contributed by atoms with Crippen molar-refractivity contribution in [2.75, 3.05) is 32.9 Å². The van der Waals surface area contributed by atoms with E-state index in [1.165, 1.54) is 38.4 Å². The summed E-state index contributed by atoms with van der Waals surface area (Å²) >= 11 is 0. The zero-order valence-corrected chi connectivity index (χ0v) is 15.6. The van der Waals surface area contributed by atoms with E-state index in [0.29, 0.717) is 18.5 Å². The summed E-state index contributed by atoms with van der Waals surface area (Å²) in [6.45, 7) is 4.47. The van der Waals surface area contributed by atoms with Crippen molar-refractivity contribution in [3.8, 4) is 0 Å². The highest BCUT2D eigenvalue weighted by Gasteiger charge is 2.33. The Labute approximate surface area is 141 Å². The molecule has 6 nitrogen and oxygen atoms in total. The molecule has 1 saturated carbocycles. The van der Waals surface area contributed by atoms with Gasteiger partial charge in [0.25, 0.3) is 0 Å². The maximum Gasteiger partial charge on any atom is 0.211 e. The first kappa shape index (κ1) is 18.5. The van der Waals surface area contributed by atoms with Crippen LogP contribution in [0.2, 0.25) is 0 Å². The van der Waals surface area contributed by atoms with Gasteiger partial charge in [0.2, 0.25) is 10.0 Å². The van der Waals surface area contributed by atoms with Gasteiger partial charge >= 0.3 is 0 Å². The molecule has 0 amide bonds. The Morgan fingerprint density at radius 2 is 1.96 bits per heavy atom. The van der Waals surface area contributed by atoms with Crippen LogP contribution in [0.1, 0.15) is 51.9 Å². The van der Waals surface area contributed by atoms with Gasteiger partial charge < -0.3 is 10.6 Å². The number of nitrogens with zero attached hydrogens (tertiary/aromatic N) is 2. The summed E-state index contributed by atoms with van der Waals surface area (Å²) in [7, 11) is -1.34. The molecule has 0 aromatic carbocycles. The van der Waals surface area contributed by atoms with Crippen LogP contribution >= 0.6 is 0 Å². The molecule has 0 unspecified atom stereocenters. The molecule has 7 heteroatoms. The Morgan fingerprint density at radius 3 is 2.52 bits per heavy atom. The van der Waals surface area contributed by atoms with Crippen LogP contribution < -0.4 is 10.6 Å². The molecule has 134 valence electrons. The molecular weight excluding hydrogens is 312 g/mol. The first-order chi connectivity index (χ1) is 10.9. The van der Waals surface area contributed by atoms with Crippen molar-refractivity contribution in [2.24, 2.45) is 10.4 Å². The Morgan fingerprint density at radius 1 is 1.26 bits per heavy atom. The average molecular weight is 345 g/mol. The molecule has 0 radical (unpaired) electrons. The van der Waals surface area contributed by atoms with Crippen LogP contribution in [-0.2, 0) is 10.0 Å². The summed E-state index contributed by atoms with van der Waals surface area (Å²) in [5, 5.41) is 6.76. The molecular formula is C16H32N4O2S. The average Bonchev–Trinajstić information content (AvgIpc) is 3.16. The fourth-order valence-corrected chi connectivity index (χ4v) is 5.12. The van der Waals surface area contributed by atoms with Gasteiger partial charge in [-0.25, -0.2) is 8.42 Å². The summed E-state index contributed by atoms with van der Waals surface area (Å²) in [5.74, 6) is 0.782. The maximum atomic E-state index is 11.8. The third-order valence-corrected chi connectivity index (χ3v) is 6.86. The van der Waals surface area contributed by atoms with Crippen molar-refractivity contribution in [1.82, 2.24) is 14.9 Å². The van der Waals surface area contributed by atoms with E-state index in [4.69, 9.17) is 0 Å². The number of hydrogen-bond acceptors (Lipinski definition) is 3. The molecule has 1 aliphatic heterocycles. The van der Waals surface area contributed by atoms with Crippen molar-refractivity contribution in [3.63, 3.8) is 0 Å². The van der Waals surface area contributed by atoms with Gasteiger partial charge in [-0.1, -0.05) is 19.8 Å². The molecule has 2 rings (SSSR count). The number of nitrogens with one attached hydrogen (secondary N) is 2. The van der Waals surface area contributed by atoms with Crippen molar-refractivity contribution >= 4 is 16.0 Å². The van der Waals surface area contributed by atoms with Crippen LogP contribution in [0.3, 0.4) is 0 Å². The fraction of sp³-hybridized carbons (Fsp3) is 0.938. The van der Waals surface area contributed by atoms with Gasteiger partial charge in [-0.3, -0.25) is 4.99 Å². The molecule has 0 aromatic heterocycles. The first-order valence-corrected chi connectivity index (χ1v) is 10.7. The van der Waals surface area contributed by atoms with E-state index in [2.05, 4.69) is 22.5 Å². The molecule has 1 atom stereocenters. The summed E-state index contributed by atoms with van der Waals surface area (Å²) in [6, 6.07) is 0.0372. The quantitative estimate of drug-likeness (QED) is 0.566. The van der Waals surface area contributed by atoms with E-state index in [1.54, 1.807) is 11.4 Å². The number of guanidine groups is 1. The van der Waals surface area contributed by atoms with Crippen LogP contribution in [0.5, 0.6) is 0 Å². The lowest BCUT2D eigenvalue weighted by Gasteiger charge is -2.29. The largest absolute Gasteiger partial charge is 0.356 e. The van der Waals surface area contributed by atoms with Crippen molar-refractivity contribution < 1.29 is 8.42 Å². The highest BCUT2D eigenvalue weighted by atomic mass is 32.2. The Balaban J connectivity index is 1.83. The van der Waals surface area contributed by atoms with Crippen LogP contribution in [0.15, 0.2) is 4.99 Å². The minimum atomic E-state index is -3.11. The predicted molar refractivity (Wildman–Crippen MR) is 95.1 cm³/mol. The van der Waals surface area contributed by atoms with E-state index < -0.39 is 10.0 Å². The monoisotopic (exact) mass is 344 g/mol. The van der Waals surface area contributed by atoms with Gasteiger partial charge in [-0.2, -0.15) is 4.31 Å². The zero-order valence-electron chi connectivity index (χ0n) is 14.8. The lowest BCUT2D eigenvalue weighted by molar-refractivity contribution is 0.283. The van der Waals surface area contributed by atoms with Gasteiger partial charge in [-0.05, 0) is 37.5 Å². The van der Waals surface area contributed by atoms with Gasteiger partial charge in [0.15, 0.2) is 5.96 Å². The zero-order chi connectivity index (χ0) is 16.9. The van der Waals surface area contributed by atoms with E-state index in [-0.39, 0.29) is 6.04 Å². The standard InChI is InChI=1S/C16H32N4O2S/c1-4-16(9-5-6-10-16)13-19-15(17-2)18-12-14-8-7-11-20(14)23(3,21)22/h14H,4-13H2,1-3H3,(H2,17,18,19)/t14-/m1/s1. The molecule has 0 aromatic rings. The number of rotatable bonds is 6. The van der Waals surface area contributed by atoms with Crippen LogP contribution in [0, 0.1) is 5.41 Å². The third kappa shape index (κ3) is 4.83. The Bertz CT molecular complexity index is 512. The van der Waals surface area contributed by atoms with E-state index in [0.717, 1.165) is 25.3 Å². The van der Waals surface area contributed by atoms with Crippen molar-refractivity contribution in [1.29, 1.82) is 0 Å².